The molecule has 0 saturated heterocycles. The van der Waals surface area contributed by atoms with Gasteiger partial charge in [-0.15, -0.1) is 0 Å². The Morgan fingerprint density at radius 1 is 1.32 bits per heavy atom. The van der Waals surface area contributed by atoms with Crippen LogP contribution in [-0.2, 0) is 6.42 Å². The molecule has 1 aromatic rings. The highest BCUT2D eigenvalue weighted by Gasteiger charge is 2.28. The van der Waals surface area contributed by atoms with E-state index in [9.17, 15) is 0 Å². The Morgan fingerprint density at radius 2 is 2.11 bits per heavy atom. The second-order valence-corrected chi connectivity index (χ2v) is 5.58. The second kappa shape index (κ2) is 6.85. The fourth-order valence-electron chi connectivity index (χ4n) is 3.11. The fraction of sp³-hybridized carbons (Fsp3) is 0.733. The van der Waals surface area contributed by atoms with Crippen molar-refractivity contribution >= 4 is 5.82 Å². The van der Waals surface area contributed by atoms with Crippen molar-refractivity contribution in [1.29, 1.82) is 0 Å². The molecular formula is C15H26N4. The first kappa shape index (κ1) is 14.3. The third-order valence-corrected chi connectivity index (χ3v) is 4.25. The molecule has 0 aliphatic heterocycles. The van der Waals surface area contributed by atoms with Crippen LogP contribution >= 0.6 is 0 Å². The molecule has 1 fully saturated rings. The topological polar surface area (TPSA) is 55.0 Å². The summed E-state index contributed by atoms with van der Waals surface area (Å²) in [7, 11) is 2.15. The summed E-state index contributed by atoms with van der Waals surface area (Å²) in [6.07, 6.45) is 8.93. The molecule has 1 heterocycles. The second-order valence-electron chi connectivity index (χ2n) is 5.58. The molecule has 2 N–H and O–H groups in total. The average molecular weight is 262 g/mol. The minimum atomic E-state index is 0.531. The van der Waals surface area contributed by atoms with Gasteiger partial charge in [0.25, 0.3) is 0 Å². The van der Waals surface area contributed by atoms with E-state index in [2.05, 4.69) is 34.9 Å². The standard InChI is InChI=1S/C15H26N4/c1-3-6-13-9-15(18-11-17-13)19(2)14-8-5-4-7-12(14)10-16/h9,11-12,14H,3-8,10,16H2,1-2H3. The summed E-state index contributed by atoms with van der Waals surface area (Å²) in [6.45, 7) is 2.96. The Labute approximate surface area is 116 Å². The summed E-state index contributed by atoms with van der Waals surface area (Å²) < 4.78 is 0. The zero-order valence-corrected chi connectivity index (χ0v) is 12.2. The van der Waals surface area contributed by atoms with E-state index in [0.29, 0.717) is 12.0 Å². The molecular weight excluding hydrogens is 236 g/mol. The fourth-order valence-corrected chi connectivity index (χ4v) is 3.11. The molecule has 2 unspecified atom stereocenters. The SMILES string of the molecule is CCCc1cc(N(C)C2CCCCC2CN)ncn1. The molecule has 0 amide bonds. The van der Waals surface area contributed by atoms with Crippen LogP contribution in [0.4, 0.5) is 5.82 Å². The Morgan fingerprint density at radius 3 is 2.84 bits per heavy atom. The van der Waals surface area contributed by atoms with Crippen molar-refractivity contribution < 1.29 is 0 Å². The molecule has 0 radical (unpaired) electrons. The number of rotatable bonds is 5. The summed E-state index contributed by atoms with van der Waals surface area (Å²) in [5.41, 5.74) is 7.07. The number of nitrogens with two attached hydrogens (primary N) is 1. The van der Waals surface area contributed by atoms with Gasteiger partial charge in [-0.05, 0) is 31.7 Å². The lowest BCUT2D eigenvalue weighted by molar-refractivity contribution is 0.305. The maximum Gasteiger partial charge on any atom is 0.132 e. The van der Waals surface area contributed by atoms with Gasteiger partial charge in [0.1, 0.15) is 12.1 Å². The van der Waals surface area contributed by atoms with Crippen molar-refractivity contribution in [3.8, 4) is 0 Å². The normalized spacial score (nSPS) is 23.3. The molecule has 1 aliphatic carbocycles. The smallest absolute Gasteiger partial charge is 0.132 e. The summed E-state index contributed by atoms with van der Waals surface area (Å²) in [5, 5.41) is 0. The van der Waals surface area contributed by atoms with Crippen LogP contribution in [0.3, 0.4) is 0 Å². The van der Waals surface area contributed by atoms with Gasteiger partial charge in [-0.25, -0.2) is 9.97 Å². The van der Waals surface area contributed by atoms with E-state index in [0.717, 1.165) is 30.9 Å². The van der Waals surface area contributed by atoms with E-state index in [-0.39, 0.29) is 0 Å². The quantitative estimate of drug-likeness (QED) is 0.885. The summed E-state index contributed by atoms with van der Waals surface area (Å²) in [4.78, 5) is 11.1. The first-order valence-corrected chi connectivity index (χ1v) is 7.50. The summed E-state index contributed by atoms with van der Waals surface area (Å²) >= 11 is 0. The van der Waals surface area contributed by atoms with Crippen molar-refractivity contribution in [1.82, 2.24) is 9.97 Å². The molecule has 4 nitrogen and oxygen atoms in total. The van der Waals surface area contributed by atoms with E-state index in [4.69, 9.17) is 5.73 Å². The number of nitrogens with zero attached hydrogens (tertiary/aromatic N) is 3. The summed E-state index contributed by atoms with van der Waals surface area (Å²) in [5.74, 6) is 1.65. The highest BCUT2D eigenvalue weighted by molar-refractivity contribution is 5.39. The number of aromatic nitrogens is 2. The predicted molar refractivity (Wildman–Crippen MR) is 79.2 cm³/mol. The lowest BCUT2D eigenvalue weighted by atomic mass is 9.84. The molecule has 2 rings (SSSR count). The molecule has 0 bridgehead atoms. The van der Waals surface area contributed by atoms with Gasteiger partial charge >= 0.3 is 0 Å². The van der Waals surface area contributed by atoms with E-state index >= 15 is 0 Å². The van der Waals surface area contributed by atoms with Gasteiger partial charge in [0.2, 0.25) is 0 Å². The maximum atomic E-state index is 5.93. The van der Waals surface area contributed by atoms with Crippen molar-refractivity contribution in [2.24, 2.45) is 11.7 Å². The molecule has 19 heavy (non-hydrogen) atoms. The minimum absolute atomic E-state index is 0.531. The Kier molecular flexibility index (Phi) is 5.14. The highest BCUT2D eigenvalue weighted by atomic mass is 15.2. The number of anilines is 1. The van der Waals surface area contributed by atoms with Gasteiger partial charge in [0, 0.05) is 24.8 Å². The van der Waals surface area contributed by atoms with Crippen molar-refractivity contribution in [3.05, 3.63) is 18.1 Å². The van der Waals surface area contributed by atoms with Crippen molar-refractivity contribution in [2.75, 3.05) is 18.5 Å². The third kappa shape index (κ3) is 3.44. The number of hydrogen-bond donors (Lipinski definition) is 1. The largest absolute Gasteiger partial charge is 0.356 e. The molecule has 106 valence electrons. The highest BCUT2D eigenvalue weighted by Crippen LogP contribution is 2.29. The van der Waals surface area contributed by atoms with Crippen LogP contribution in [0.15, 0.2) is 12.4 Å². The Bertz CT molecular complexity index is 393. The Balaban J connectivity index is 2.12. The first-order valence-electron chi connectivity index (χ1n) is 7.50. The van der Waals surface area contributed by atoms with Crippen LogP contribution in [-0.4, -0.2) is 29.6 Å². The maximum absolute atomic E-state index is 5.93. The van der Waals surface area contributed by atoms with E-state index in [1.165, 1.54) is 25.7 Å². The van der Waals surface area contributed by atoms with Crippen molar-refractivity contribution in [3.63, 3.8) is 0 Å². The zero-order chi connectivity index (χ0) is 13.7. The van der Waals surface area contributed by atoms with Crippen LogP contribution in [0.5, 0.6) is 0 Å². The van der Waals surface area contributed by atoms with Gasteiger partial charge in [-0.2, -0.15) is 0 Å². The van der Waals surface area contributed by atoms with E-state index in [1.54, 1.807) is 6.33 Å². The average Bonchev–Trinajstić information content (AvgIpc) is 2.47. The van der Waals surface area contributed by atoms with Crippen LogP contribution in [0.2, 0.25) is 0 Å². The van der Waals surface area contributed by atoms with Crippen LogP contribution in [0.1, 0.15) is 44.7 Å². The lowest BCUT2D eigenvalue weighted by Gasteiger charge is -2.38. The van der Waals surface area contributed by atoms with Gasteiger partial charge in [-0.1, -0.05) is 26.2 Å². The molecule has 1 aliphatic rings. The molecule has 2 atom stereocenters. The van der Waals surface area contributed by atoms with Gasteiger partial charge < -0.3 is 10.6 Å². The van der Waals surface area contributed by atoms with Gasteiger partial charge in [-0.3, -0.25) is 0 Å². The number of aryl methyl sites for hydroxylation is 1. The molecule has 0 aromatic carbocycles. The zero-order valence-electron chi connectivity index (χ0n) is 12.2. The van der Waals surface area contributed by atoms with Crippen LogP contribution in [0.25, 0.3) is 0 Å². The molecule has 4 heteroatoms. The first-order chi connectivity index (χ1) is 9.26. The predicted octanol–water partition coefficient (Wildman–Crippen LogP) is 2.38. The molecule has 1 aromatic heterocycles. The minimum Gasteiger partial charge on any atom is -0.356 e. The number of hydrogen-bond acceptors (Lipinski definition) is 4. The van der Waals surface area contributed by atoms with Gasteiger partial charge in [0.15, 0.2) is 0 Å². The van der Waals surface area contributed by atoms with Gasteiger partial charge in [0.05, 0.1) is 0 Å². The van der Waals surface area contributed by atoms with Crippen molar-refractivity contribution in [2.45, 2.75) is 51.5 Å². The molecule has 1 saturated carbocycles. The lowest BCUT2D eigenvalue weighted by Crippen LogP contribution is -2.43. The molecule has 0 spiro atoms. The van der Waals surface area contributed by atoms with Crippen LogP contribution < -0.4 is 10.6 Å². The van der Waals surface area contributed by atoms with E-state index < -0.39 is 0 Å². The third-order valence-electron chi connectivity index (χ3n) is 4.25. The van der Waals surface area contributed by atoms with Crippen LogP contribution in [0, 0.1) is 5.92 Å². The monoisotopic (exact) mass is 262 g/mol. The van der Waals surface area contributed by atoms with E-state index in [1.807, 2.05) is 0 Å². The summed E-state index contributed by atoms with van der Waals surface area (Å²) in [6, 6.07) is 2.66. The Hall–Kier alpha value is -1.16.